The molecule has 0 amide bonds. The third-order valence-electron chi connectivity index (χ3n) is 1.00. The van der Waals surface area contributed by atoms with E-state index >= 15 is 0 Å². The lowest BCUT2D eigenvalue weighted by Gasteiger charge is -1.94. The molecule has 0 saturated heterocycles. The van der Waals surface area contributed by atoms with Crippen LogP contribution < -0.4 is 0 Å². The molecular weight excluding hydrogens is 192 g/mol. The highest BCUT2D eigenvalue weighted by Crippen LogP contribution is 2.14. The van der Waals surface area contributed by atoms with E-state index in [9.17, 15) is 0 Å². The van der Waals surface area contributed by atoms with Crippen molar-refractivity contribution >= 4 is 35.6 Å². The van der Waals surface area contributed by atoms with Gasteiger partial charge < -0.3 is 0 Å². The second kappa shape index (κ2) is 4.78. The maximum atomic E-state index is 5.68. The first-order valence-corrected chi connectivity index (χ1v) is 3.40. The third-order valence-corrected chi connectivity index (χ3v) is 1.63. The molecule has 0 N–H and O–H groups in total. The van der Waals surface area contributed by atoms with Crippen molar-refractivity contribution < 1.29 is 0 Å². The smallest absolute Gasteiger partial charge is 0.0633 e. The molecule has 1 rings (SSSR count). The maximum absolute atomic E-state index is 5.68. The minimum absolute atomic E-state index is 0. The van der Waals surface area contributed by atoms with E-state index in [2.05, 4.69) is 4.98 Å². The van der Waals surface area contributed by atoms with Gasteiger partial charge in [0.05, 0.1) is 5.02 Å². The highest BCUT2D eigenvalue weighted by atomic mass is 35.5. The molecule has 1 aromatic rings. The largest absolute Gasteiger partial charge is 0.263 e. The first-order valence-electron chi connectivity index (χ1n) is 2.49. The normalized spacial score (nSPS) is 8.60. The minimum Gasteiger partial charge on any atom is -0.263 e. The van der Waals surface area contributed by atoms with Gasteiger partial charge in [0.2, 0.25) is 0 Å². The van der Waals surface area contributed by atoms with Crippen molar-refractivity contribution in [3.05, 3.63) is 29.0 Å². The molecule has 1 heterocycles. The van der Waals surface area contributed by atoms with Crippen molar-refractivity contribution in [1.29, 1.82) is 0 Å². The van der Waals surface area contributed by atoms with Gasteiger partial charge >= 0.3 is 0 Å². The fraction of sp³-hybridized carbons (Fsp3) is 0.167. The molecule has 0 saturated carbocycles. The molecule has 0 aliphatic heterocycles. The Balaban J connectivity index is 0.000000810. The van der Waals surface area contributed by atoms with Crippen LogP contribution in [0.15, 0.2) is 18.5 Å². The van der Waals surface area contributed by atoms with Gasteiger partial charge in [0.1, 0.15) is 0 Å². The van der Waals surface area contributed by atoms with Gasteiger partial charge in [0.25, 0.3) is 0 Å². The van der Waals surface area contributed by atoms with Gasteiger partial charge in [0, 0.05) is 18.3 Å². The summed E-state index contributed by atoms with van der Waals surface area (Å²) in [6.07, 6.45) is 3.25. The summed E-state index contributed by atoms with van der Waals surface area (Å²) in [5.74, 6) is 0.446. The summed E-state index contributed by atoms with van der Waals surface area (Å²) in [7, 11) is 0. The van der Waals surface area contributed by atoms with Crippen LogP contribution in [0.2, 0.25) is 5.02 Å². The van der Waals surface area contributed by atoms with Gasteiger partial charge in [-0.05, 0) is 11.6 Å². The molecular formula is C6H6Cl3N. The molecule has 0 fully saturated rings. The van der Waals surface area contributed by atoms with Crippen molar-refractivity contribution in [3.63, 3.8) is 0 Å². The molecule has 0 radical (unpaired) electrons. The van der Waals surface area contributed by atoms with E-state index in [1.54, 1.807) is 18.5 Å². The van der Waals surface area contributed by atoms with Crippen molar-refractivity contribution in [1.82, 2.24) is 4.98 Å². The topological polar surface area (TPSA) is 12.9 Å². The Bertz CT molecular complexity index is 202. The predicted octanol–water partition coefficient (Wildman–Crippen LogP) is 2.90. The molecule has 0 aliphatic rings. The Labute approximate surface area is 75.8 Å². The first-order chi connectivity index (χ1) is 4.34. The average molecular weight is 198 g/mol. The number of alkyl halides is 1. The van der Waals surface area contributed by atoms with Gasteiger partial charge in [-0.2, -0.15) is 0 Å². The number of rotatable bonds is 1. The van der Waals surface area contributed by atoms with Crippen LogP contribution in [0.1, 0.15) is 5.56 Å². The van der Waals surface area contributed by atoms with E-state index in [0.717, 1.165) is 5.56 Å². The van der Waals surface area contributed by atoms with Crippen LogP contribution in [-0.4, -0.2) is 4.98 Å². The van der Waals surface area contributed by atoms with Crippen molar-refractivity contribution in [2.75, 3.05) is 0 Å². The number of hydrogen-bond donors (Lipinski definition) is 0. The number of nitrogens with zero attached hydrogens (tertiary/aromatic N) is 1. The van der Waals surface area contributed by atoms with E-state index in [1.807, 2.05) is 0 Å². The zero-order chi connectivity index (χ0) is 6.69. The van der Waals surface area contributed by atoms with E-state index in [1.165, 1.54) is 0 Å². The van der Waals surface area contributed by atoms with Gasteiger partial charge in [-0.1, -0.05) is 11.6 Å². The van der Waals surface area contributed by atoms with Crippen LogP contribution in [0.4, 0.5) is 0 Å². The first kappa shape index (κ1) is 10.0. The Morgan fingerprint density at radius 1 is 1.50 bits per heavy atom. The average Bonchev–Trinajstić information content (AvgIpc) is 1.89. The molecule has 4 heteroatoms. The number of pyridine rings is 1. The second-order valence-electron chi connectivity index (χ2n) is 1.60. The van der Waals surface area contributed by atoms with Crippen LogP contribution in [0.5, 0.6) is 0 Å². The SMILES string of the molecule is Cl.ClCc1ccncc1Cl. The van der Waals surface area contributed by atoms with Gasteiger partial charge in [0.15, 0.2) is 0 Å². The Hall–Kier alpha value is 0.0200. The lowest BCUT2D eigenvalue weighted by molar-refractivity contribution is 1.27. The Kier molecular flexibility index (Phi) is 4.79. The molecule has 0 unspecified atom stereocenters. The summed E-state index contributed by atoms with van der Waals surface area (Å²) in [5.41, 5.74) is 0.924. The highest BCUT2D eigenvalue weighted by Gasteiger charge is 1.94. The van der Waals surface area contributed by atoms with Crippen molar-refractivity contribution in [3.8, 4) is 0 Å². The quantitative estimate of drug-likeness (QED) is 0.632. The number of aromatic nitrogens is 1. The van der Waals surface area contributed by atoms with E-state index in [-0.39, 0.29) is 12.4 Å². The number of halogens is 3. The maximum Gasteiger partial charge on any atom is 0.0633 e. The van der Waals surface area contributed by atoms with E-state index < -0.39 is 0 Å². The monoisotopic (exact) mass is 197 g/mol. The predicted molar refractivity (Wildman–Crippen MR) is 46.1 cm³/mol. The van der Waals surface area contributed by atoms with E-state index in [0.29, 0.717) is 10.9 Å². The van der Waals surface area contributed by atoms with Crippen LogP contribution >= 0.6 is 35.6 Å². The van der Waals surface area contributed by atoms with Gasteiger partial charge in [-0.15, -0.1) is 24.0 Å². The third kappa shape index (κ3) is 2.33. The van der Waals surface area contributed by atoms with Gasteiger partial charge in [-0.25, -0.2) is 0 Å². The van der Waals surface area contributed by atoms with Gasteiger partial charge in [-0.3, -0.25) is 4.98 Å². The van der Waals surface area contributed by atoms with E-state index in [4.69, 9.17) is 23.2 Å². The molecule has 0 bridgehead atoms. The molecule has 0 spiro atoms. The summed E-state index contributed by atoms with van der Waals surface area (Å²) in [5, 5.41) is 0.632. The number of hydrogen-bond acceptors (Lipinski definition) is 1. The van der Waals surface area contributed by atoms with Crippen molar-refractivity contribution in [2.24, 2.45) is 0 Å². The summed E-state index contributed by atoms with van der Waals surface area (Å²) >= 11 is 11.2. The van der Waals surface area contributed by atoms with Crippen molar-refractivity contribution in [2.45, 2.75) is 5.88 Å². The molecule has 56 valence electrons. The van der Waals surface area contributed by atoms with Crippen LogP contribution in [0.25, 0.3) is 0 Å². The molecule has 1 nitrogen and oxygen atoms in total. The summed E-state index contributed by atoms with van der Waals surface area (Å²) < 4.78 is 0. The zero-order valence-corrected chi connectivity index (χ0v) is 7.38. The van der Waals surface area contributed by atoms with Crippen LogP contribution in [0, 0.1) is 0 Å². The van der Waals surface area contributed by atoms with Crippen LogP contribution in [-0.2, 0) is 5.88 Å². The lowest BCUT2D eigenvalue weighted by Crippen LogP contribution is -1.79. The summed E-state index contributed by atoms with van der Waals surface area (Å²) in [4.78, 5) is 3.80. The standard InChI is InChI=1S/C6H5Cl2N.ClH/c7-3-5-1-2-9-4-6(5)8;/h1-2,4H,3H2;1H. The molecule has 0 aliphatic carbocycles. The molecule has 0 atom stereocenters. The molecule has 0 aromatic carbocycles. The highest BCUT2D eigenvalue weighted by molar-refractivity contribution is 6.32. The Morgan fingerprint density at radius 2 is 2.20 bits per heavy atom. The van der Waals surface area contributed by atoms with Crippen LogP contribution in [0.3, 0.4) is 0 Å². The molecule has 10 heavy (non-hydrogen) atoms. The lowest BCUT2D eigenvalue weighted by atomic mass is 10.3. The minimum atomic E-state index is 0. The second-order valence-corrected chi connectivity index (χ2v) is 2.28. The zero-order valence-electron chi connectivity index (χ0n) is 5.05. The summed E-state index contributed by atoms with van der Waals surface area (Å²) in [6.45, 7) is 0. The fourth-order valence-electron chi connectivity index (χ4n) is 0.512. The summed E-state index contributed by atoms with van der Waals surface area (Å²) in [6, 6.07) is 1.80. The Morgan fingerprint density at radius 3 is 2.60 bits per heavy atom. The fourth-order valence-corrected chi connectivity index (χ4v) is 1.000. The molecule has 1 aromatic heterocycles.